The minimum absolute atomic E-state index is 0.0939. The Kier molecular flexibility index (Phi) is 8.82. The Balaban J connectivity index is 0.000000538. The standard InChI is InChI=1S/C23H30ClFN4O.C2HF3O/c1-15-19-7-9-28(22(30)10-16-6-8-26-23(2,3)12-16)14-21(19)29(27-15)13-17-4-5-18(24)11-20(17)25;3-2(4,5)1-6/h4-5,11,16,26H,6-10,12-14H2,1-3H3;1H. The maximum absolute atomic E-state index is 14.3. The molecule has 0 spiro atoms. The fourth-order valence-corrected chi connectivity index (χ4v) is 5.05. The summed E-state index contributed by atoms with van der Waals surface area (Å²) in [7, 11) is 0. The van der Waals surface area contributed by atoms with E-state index < -0.39 is 12.5 Å². The molecule has 11 heteroatoms. The Morgan fingerprint density at radius 3 is 2.64 bits per heavy atom. The molecule has 2 aliphatic rings. The summed E-state index contributed by atoms with van der Waals surface area (Å²) in [6.45, 7) is 8.96. The third kappa shape index (κ3) is 7.52. The van der Waals surface area contributed by atoms with Gasteiger partial charge in [0.2, 0.25) is 12.2 Å². The largest absolute Gasteiger partial charge is 0.446 e. The van der Waals surface area contributed by atoms with Crippen LogP contribution in [0.3, 0.4) is 0 Å². The quantitative estimate of drug-likeness (QED) is 0.454. The third-order valence-electron chi connectivity index (χ3n) is 6.58. The van der Waals surface area contributed by atoms with Gasteiger partial charge in [-0.05, 0) is 70.2 Å². The van der Waals surface area contributed by atoms with Crippen LogP contribution >= 0.6 is 11.6 Å². The number of carbonyl (C=O) groups excluding carboxylic acids is 2. The number of piperidine rings is 1. The zero-order chi connectivity index (χ0) is 26.7. The van der Waals surface area contributed by atoms with Crippen molar-refractivity contribution in [2.45, 2.75) is 71.3 Å². The van der Waals surface area contributed by atoms with Gasteiger partial charge in [0.1, 0.15) is 5.82 Å². The summed E-state index contributed by atoms with van der Waals surface area (Å²) in [6.07, 6.45) is -2.24. The number of hydrogen-bond donors (Lipinski definition) is 1. The van der Waals surface area contributed by atoms with E-state index in [2.05, 4.69) is 24.3 Å². The van der Waals surface area contributed by atoms with Crippen molar-refractivity contribution in [3.8, 4) is 0 Å². The molecule has 1 N–H and O–H groups in total. The molecule has 1 aromatic carbocycles. The highest BCUT2D eigenvalue weighted by Gasteiger charge is 2.32. The average Bonchev–Trinajstić information content (AvgIpc) is 3.09. The molecule has 1 aromatic heterocycles. The van der Waals surface area contributed by atoms with E-state index in [-0.39, 0.29) is 17.3 Å². The van der Waals surface area contributed by atoms with Gasteiger partial charge in [-0.2, -0.15) is 18.3 Å². The number of aryl methyl sites for hydroxylation is 1. The molecule has 0 radical (unpaired) electrons. The molecule has 1 fully saturated rings. The van der Waals surface area contributed by atoms with Crippen LogP contribution in [0.4, 0.5) is 17.6 Å². The van der Waals surface area contributed by atoms with Gasteiger partial charge in [0.15, 0.2) is 0 Å². The van der Waals surface area contributed by atoms with Crippen molar-refractivity contribution in [1.82, 2.24) is 20.0 Å². The minimum atomic E-state index is -4.64. The number of nitrogens with one attached hydrogen (secondary N) is 1. The molecule has 0 saturated carbocycles. The van der Waals surface area contributed by atoms with E-state index in [0.717, 1.165) is 43.7 Å². The number of amides is 1. The van der Waals surface area contributed by atoms with Crippen molar-refractivity contribution in [3.63, 3.8) is 0 Å². The van der Waals surface area contributed by atoms with Crippen LogP contribution in [-0.4, -0.2) is 51.7 Å². The average molecular weight is 531 g/mol. The molecule has 1 saturated heterocycles. The number of aldehydes is 1. The van der Waals surface area contributed by atoms with Crippen LogP contribution in [0.2, 0.25) is 5.02 Å². The SMILES string of the molecule is Cc1nn(Cc2ccc(Cl)cc2F)c2c1CCN(C(=O)CC1CCNC(C)(C)C1)C2.O=CC(F)(F)F. The van der Waals surface area contributed by atoms with Crippen LogP contribution < -0.4 is 5.32 Å². The van der Waals surface area contributed by atoms with Crippen LogP contribution in [-0.2, 0) is 29.1 Å². The monoisotopic (exact) mass is 530 g/mol. The predicted octanol–water partition coefficient (Wildman–Crippen LogP) is 4.83. The summed E-state index contributed by atoms with van der Waals surface area (Å²) in [6, 6.07) is 4.72. The van der Waals surface area contributed by atoms with Gasteiger partial charge in [0, 0.05) is 29.1 Å². The van der Waals surface area contributed by atoms with Crippen molar-refractivity contribution in [3.05, 3.63) is 51.6 Å². The number of aromatic nitrogens is 2. The molecular formula is C25H31ClF4N4O2. The molecule has 36 heavy (non-hydrogen) atoms. The lowest BCUT2D eigenvalue weighted by Crippen LogP contribution is -2.47. The summed E-state index contributed by atoms with van der Waals surface area (Å²) >= 11 is 5.88. The van der Waals surface area contributed by atoms with Gasteiger partial charge in [-0.15, -0.1) is 0 Å². The number of carbonyl (C=O) groups is 2. The minimum Gasteiger partial charge on any atom is -0.336 e. The molecule has 3 heterocycles. The highest BCUT2D eigenvalue weighted by molar-refractivity contribution is 6.30. The Morgan fingerprint density at radius 2 is 2.03 bits per heavy atom. The summed E-state index contributed by atoms with van der Waals surface area (Å²) in [4.78, 5) is 23.7. The number of alkyl halides is 3. The third-order valence-corrected chi connectivity index (χ3v) is 6.81. The molecule has 2 aliphatic heterocycles. The van der Waals surface area contributed by atoms with E-state index in [4.69, 9.17) is 16.4 Å². The highest BCUT2D eigenvalue weighted by atomic mass is 35.5. The molecule has 2 aromatic rings. The van der Waals surface area contributed by atoms with Crippen molar-refractivity contribution in [1.29, 1.82) is 0 Å². The van der Waals surface area contributed by atoms with Crippen LogP contribution in [0.1, 0.15) is 55.6 Å². The van der Waals surface area contributed by atoms with E-state index in [1.54, 1.807) is 12.1 Å². The predicted molar refractivity (Wildman–Crippen MR) is 128 cm³/mol. The van der Waals surface area contributed by atoms with Crippen molar-refractivity contribution in [2.75, 3.05) is 13.1 Å². The second-order valence-electron chi connectivity index (χ2n) is 10.0. The lowest BCUT2D eigenvalue weighted by atomic mass is 9.82. The summed E-state index contributed by atoms with van der Waals surface area (Å²) in [5, 5.41) is 8.55. The maximum atomic E-state index is 14.3. The first-order chi connectivity index (χ1) is 16.8. The van der Waals surface area contributed by atoms with Gasteiger partial charge >= 0.3 is 6.18 Å². The Hall–Kier alpha value is -2.46. The van der Waals surface area contributed by atoms with Crippen LogP contribution in [0.5, 0.6) is 0 Å². The smallest absolute Gasteiger partial charge is 0.336 e. The molecule has 1 unspecified atom stereocenters. The summed E-state index contributed by atoms with van der Waals surface area (Å²) in [5.41, 5.74) is 3.82. The first-order valence-corrected chi connectivity index (χ1v) is 12.2. The normalized spacial score (nSPS) is 19.2. The zero-order valence-corrected chi connectivity index (χ0v) is 21.3. The second-order valence-corrected chi connectivity index (χ2v) is 10.4. The number of nitrogens with zero attached hydrogens (tertiary/aromatic N) is 3. The molecule has 0 aliphatic carbocycles. The molecule has 4 rings (SSSR count). The van der Waals surface area contributed by atoms with Crippen LogP contribution in [0.25, 0.3) is 0 Å². The van der Waals surface area contributed by atoms with Crippen molar-refractivity contribution < 1.29 is 27.2 Å². The first kappa shape index (κ1) is 28.1. The van der Waals surface area contributed by atoms with E-state index in [0.29, 0.717) is 36.0 Å². The molecular weight excluding hydrogens is 500 g/mol. The molecule has 6 nitrogen and oxygen atoms in total. The highest BCUT2D eigenvalue weighted by Crippen LogP contribution is 2.29. The molecule has 198 valence electrons. The Morgan fingerprint density at radius 1 is 1.33 bits per heavy atom. The zero-order valence-electron chi connectivity index (χ0n) is 20.6. The van der Waals surface area contributed by atoms with Crippen LogP contribution in [0.15, 0.2) is 18.2 Å². The fraction of sp³-hybridized carbons (Fsp3) is 0.560. The van der Waals surface area contributed by atoms with Gasteiger partial charge in [-0.25, -0.2) is 4.39 Å². The van der Waals surface area contributed by atoms with Gasteiger partial charge < -0.3 is 10.2 Å². The molecule has 0 bridgehead atoms. The van der Waals surface area contributed by atoms with Gasteiger partial charge in [-0.3, -0.25) is 14.3 Å². The molecule has 1 atom stereocenters. The topological polar surface area (TPSA) is 67.2 Å². The second kappa shape index (κ2) is 11.3. The van der Waals surface area contributed by atoms with Gasteiger partial charge in [-0.1, -0.05) is 17.7 Å². The van der Waals surface area contributed by atoms with Crippen molar-refractivity contribution >= 4 is 23.8 Å². The van der Waals surface area contributed by atoms with E-state index in [1.807, 2.05) is 16.5 Å². The molecule has 1 amide bonds. The Bertz CT molecular complexity index is 1100. The van der Waals surface area contributed by atoms with Gasteiger partial charge in [0.25, 0.3) is 0 Å². The number of hydrogen-bond acceptors (Lipinski definition) is 4. The lowest BCUT2D eigenvalue weighted by molar-refractivity contribution is -0.156. The lowest BCUT2D eigenvalue weighted by Gasteiger charge is -2.37. The van der Waals surface area contributed by atoms with Crippen LogP contribution in [0, 0.1) is 18.7 Å². The first-order valence-electron chi connectivity index (χ1n) is 11.8. The number of fused-ring (bicyclic) bond motifs is 1. The number of benzene rings is 1. The summed E-state index contributed by atoms with van der Waals surface area (Å²) < 4.78 is 47.4. The number of rotatable bonds is 4. The van der Waals surface area contributed by atoms with Gasteiger partial charge in [0.05, 0.1) is 24.5 Å². The number of halogens is 5. The van der Waals surface area contributed by atoms with Crippen molar-refractivity contribution in [2.24, 2.45) is 5.92 Å². The van der Waals surface area contributed by atoms with E-state index in [9.17, 15) is 22.4 Å². The van der Waals surface area contributed by atoms with E-state index in [1.165, 1.54) is 11.6 Å². The van der Waals surface area contributed by atoms with E-state index >= 15 is 0 Å². The maximum Gasteiger partial charge on any atom is 0.446 e. The Labute approximate surface area is 213 Å². The fourth-order valence-electron chi connectivity index (χ4n) is 4.89. The summed E-state index contributed by atoms with van der Waals surface area (Å²) in [5.74, 6) is 0.304.